The molecular formula is C126H164BCl5CuF4KN3O2P2Ru2Si2+. The van der Waals surface area contributed by atoms with E-state index in [1.165, 1.54) is 165 Å². The average Bonchev–Trinajstić information content (AvgIpc) is 1.58. The average molecular weight is 2440 g/mol. The smallest absolute Gasteiger partial charge is 1.00 e. The van der Waals surface area contributed by atoms with E-state index in [0.717, 1.165) is 26.7 Å². The summed E-state index contributed by atoms with van der Waals surface area (Å²) in [5.74, 6) is 4.05. The SMILES string of the molecule is C.C/C=C/c1ccccc1OC(C)C.CC(C)Oc1ccccc1[CH]=[Ru]([Cl])[Cl].CC(C)c1cccc(C(C)C)c1N1[CH-]C2(CCCCC2)CC1(C)C.CC(C)c1cccc(C(C)C)c1[N+]1=CC2(CCCCC2)CC1(C)C.C[Si](C)(C)[N-][Si](C)(C)C.FB(F)F.[Cl][Cu].[Cl][Ru]([Cl])=[C]1C=C(c2ccccc2)c2ccccc21.[F-].[K+].c1ccc([PH+](c2ccccc2)c2ccccc2)cc1.c1ccc([PH+](c2ccccc2)c2ccccc2)cc1. The first kappa shape index (κ1) is 134. The molecule has 2 spiro atoms. The summed E-state index contributed by atoms with van der Waals surface area (Å²) < 4.78 is 50.8. The molecule has 2 heterocycles. The third kappa shape index (κ3) is 43.6. The molecule has 17 rings (SSSR count). The molecule has 5 nitrogen and oxygen atoms in total. The fraction of sp³-hybridized carbons (Fsp3) is 0.365. The van der Waals surface area contributed by atoms with E-state index in [1.54, 1.807) is 0 Å². The van der Waals surface area contributed by atoms with Gasteiger partial charge in [-0.15, -0.1) is 5.41 Å². The van der Waals surface area contributed by atoms with Crippen molar-refractivity contribution in [3.63, 3.8) is 0 Å². The maximum absolute atomic E-state index is 9.67. The third-order valence-electron chi connectivity index (χ3n) is 25.7. The summed E-state index contributed by atoms with van der Waals surface area (Å²) in [5.41, 5.74) is 17.4. The predicted octanol–water partition coefficient (Wildman–Crippen LogP) is 31.0. The molecular weight excluding hydrogens is 2270 g/mol. The van der Waals surface area contributed by atoms with Gasteiger partial charge in [-0.2, -0.15) is 4.58 Å². The monoisotopic (exact) mass is 2440 g/mol. The first-order chi connectivity index (χ1) is 69.5. The van der Waals surface area contributed by atoms with Crippen molar-refractivity contribution in [3.8, 4) is 11.5 Å². The van der Waals surface area contributed by atoms with Crippen LogP contribution in [0.2, 0.25) is 39.3 Å². The van der Waals surface area contributed by atoms with E-state index in [0.29, 0.717) is 34.5 Å². The number of benzene rings is 12. The first-order valence-corrected chi connectivity index (χ1v) is 73.6. The Morgan fingerprint density at radius 1 is 0.436 bits per heavy atom. The zero-order chi connectivity index (χ0) is 107. The molecule has 23 heteroatoms. The second kappa shape index (κ2) is 67.2. The molecule has 12 aromatic rings. The van der Waals surface area contributed by atoms with Gasteiger partial charge in [0.1, 0.15) is 37.6 Å². The molecule has 0 unspecified atom stereocenters. The van der Waals surface area contributed by atoms with Gasteiger partial charge in [-0.25, -0.2) is 6.54 Å². The molecule has 3 aliphatic carbocycles. The van der Waals surface area contributed by atoms with Crippen molar-refractivity contribution < 1.29 is 125 Å². The number of ether oxygens (including phenoxy) is 2. The van der Waals surface area contributed by atoms with Crippen molar-refractivity contribution in [2.45, 2.75) is 288 Å². The minimum absolute atomic E-state index is 0. The van der Waals surface area contributed by atoms with Gasteiger partial charge in [-0.05, 0) is 161 Å². The van der Waals surface area contributed by atoms with Crippen LogP contribution < -0.4 is 102 Å². The standard InChI is InChI=1S/2C23H36N.2C18H15P.C15H10.C12H16O.C10H12O.C6H18NSi2.CH4.BF3.5ClH.Cu.FH.K.2Ru/c2*1-17(2)19-11-10-12-20(18(3)4)21(19)24-16-23(15-22(24,5)6)13-8-7-9-14-23;2*1-4-10-16(11-5-1)19(17-12-6-2-7-13-17)18-14-8-3-9-15-18;1-2-6-12(7-3-1)15-11-10-13-8-4-5-9-14(13)15;1-4-7-11-8-5-6-9-12(11)13-10(2)3;1-8(2)11-10-7-5-4-6-9(10)3;1-8(2,3)7-9(4,5)6;;2-1(3)4;;;;;;;;;;/h2*10-12,16-18H,7-9,13-15H2,1-6H3;2*1-15H;1-9,11H;4-10H,1-3H3;3-8H,1-2H3;1-6H3;1H4;;5*1H;;1H;;;/q-1;+1;;;;;;-1;;;;;;;;+1;;+1;2*+2/p-4/b;;;;;7-4+;;;;;;;;;;;;;;. The van der Waals surface area contributed by atoms with Crippen molar-refractivity contribution >= 4 is 159 Å². The fourth-order valence-electron chi connectivity index (χ4n) is 20.3. The van der Waals surface area contributed by atoms with Crippen LogP contribution in [0.15, 0.2) is 334 Å². The Labute approximate surface area is 983 Å². The molecule has 806 valence electrons. The zero-order valence-corrected chi connectivity index (χ0v) is 107. The van der Waals surface area contributed by atoms with Crippen molar-refractivity contribution in [2.75, 3.05) is 4.90 Å². The number of fused-ring (bicyclic) bond motifs is 1. The first-order valence-electron chi connectivity index (χ1n) is 51.6. The van der Waals surface area contributed by atoms with Gasteiger partial charge in [0, 0.05) is 48.2 Å². The third-order valence-corrected chi connectivity index (χ3v) is 41.4. The summed E-state index contributed by atoms with van der Waals surface area (Å²) in [7, 11) is 20.6. The minimum atomic E-state index is -3.67. The Hall–Kier alpha value is -5.18. The van der Waals surface area contributed by atoms with Gasteiger partial charge in [0.05, 0.1) is 27.4 Å². The van der Waals surface area contributed by atoms with Crippen LogP contribution in [0, 0.1) is 17.4 Å². The molecule has 3 fully saturated rings. The molecule has 2 saturated carbocycles. The number of para-hydroxylation sites is 4. The molecule has 1 saturated heterocycles. The van der Waals surface area contributed by atoms with Crippen LogP contribution in [-0.2, 0) is 42.1 Å². The number of rotatable bonds is 21. The number of hydrogen-bond donors (Lipinski definition) is 0. The van der Waals surface area contributed by atoms with Crippen molar-refractivity contribution in [1.29, 1.82) is 0 Å². The minimum Gasteiger partial charge on any atom is -1.00 e. The van der Waals surface area contributed by atoms with E-state index in [4.69, 9.17) is 52.9 Å². The molecule has 0 atom stereocenters. The maximum atomic E-state index is 9.67. The number of allylic oxidation sites excluding steroid dienone is 2. The number of anilines is 1. The summed E-state index contributed by atoms with van der Waals surface area (Å²) in [6.07, 6.45) is 25.9. The van der Waals surface area contributed by atoms with Gasteiger partial charge in [0.2, 0.25) is 5.69 Å². The Bertz CT molecular complexity index is 5680. The predicted molar refractivity (Wildman–Crippen MR) is 647 cm³/mol. The summed E-state index contributed by atoms with van der Waals surface area (Å²) in [5, 5.41) is 8.61. The topological polar surface area (TPSA) is 38.8 Å². The number of hydrogen-bond acceptors (Lipinski definition) is 3. The Balaban J connectivity index is 0.000000300. The van der Waals surface area contributed by atoms with Gasteiger partial charge >= 0.3 is 302 Å². The van der Waals surface area contributed by atoms with Gasteiger partial charge in [-0.1, -0.05) is 352 Å². The van der Waals surface area contributed by atoms with Gasteiger partial charge < -0.3 is 19.0 Å². The van der Waals surface area contributed by atoms with E-state index < -0.39 is 66.9 Å². The normalized spacial score (nSPS) is 14.8. The van der Waals surface area contributed by atoms with Crippen molar-refractivity contribution in [2.24, 2.45) is 10.8 Å². The fourth-order valence-corrected chi connectivity index (χ4v) is 37.8. The van der Waals surface area contributed by atoms with Crippen LogP contribution in [0.4, 0.5) is 24.3 Å². The second-order valence-electron chi connectivity index (χ2n) is 42.9. The molecule has 0 amide bonds. The van der Waals surface area contributed by atoms with Crippen LogP contribution in [0.3, 0.4) is 0 Å². The van der Waals surface area contributed by atoms with E-state index in [1.807, 2.05) is 112 Å². The van der Waals surface area contributed by atoms with Gasteiger partial charge in [0.15, 0.2) is 11.8 Å². The molecule has 0 bridgehead atoms. The van der Waals surface area contributed by atoms with Crippen LogP contribution in [-0.4, -0.2) is 66.8 Å². The van der Waals surface area contributed by atoms with E-state index in [9.17, 15) is 12.9 Å². The second-order valence-corrected chi connectivity index (χ2v) is 68.9. The summed E-state index contributed by atoms with van der Waals surface area (Å²) >= 11 is 0.00912. The molecule has 149 heavy (non-hydrogen) atoms. The Morgan fingerprint density at radius 3 is 1.09 bits per heavy atom. The molecule has 2 aliphatic heterocycles. The van der Waals surface area contributed by atoms with Gasteiger partial charge in [0.25, 0.3) is 0 Å². The van der Waals surface area contributed by atoms with Crippen LogP contribution in [0.25, 0.3) is 16.3 Å². The van der Waals surface area contributed by atoms with E-state index >= 15 is 0 Å². The zero-order valence-electron chi connectivity index (χ0n) is 91.7. The van der Waals surface area contributed by atoms with Crippen molar-refractivity contribution in [1.82, 2.24) is 0 Å². The number of halogens is 9. The van der Waals surface area contributed by atoms with Crippen LogP contribution in [0.5, 0.6) is 11.5 Å². The Kier molecular flexibility index (Phi) is 60.5. The molecule has 0 radical (unpaired) electrons. The van der Waals surface area contributed by atoms with E-state index in [2.05, 4.69) is 437 Å². The largest absolute Gasteiger partial charge is 1.00 e. The summed E-state index contributed by atoms with van der Waals surface area (Å²) in [4.78, 5) is 2.68. The Morgan fingerprint density at radius 2 is 0.758 bits per heavy atom. The molecule has 5 aliphatic rings. The quantitative estimate of drug-likeness (QED) is 0.0237. The summed E-state index contributed by atoms with van der Waals surface area (Å²) in [6, 6.07) is 113. The number of nitrogens with zero attached hydrogens (tertiary/aromatic N) is 3. The van der Waals surface area contributed by atoms with Gasteiger partial charge in [-0.3, -0.25) is 12.9 Å². The maximum Gasteiger partial charge on any atom is 1.00 e. The van der Waals surface area contributed by atoms with Crippen LogP contribution in [0.1, 0.15) is 276 Å². The summed E-state index contributed by atoms with van der Waals surface area (Å²) in [6.45, 7) is 55.0. The van der Waals surface area contributed by atoms with Crippen LogP contribution >= 0.6 is 64.7 Å². The van der Waals surface area contributed by atoms with Crippen molar-refractivity contribution in [3.05, 3.63) is 395 Å². The molecule has 0 aromatic heterocycles. The molecule has 0 N–H and O–H groups in total. The van der Waals surface area contributed by atoms with E-state index in [-0.39, 0.29) is 86.8 Å². The molecule has 12 aromatic carbocycles.